The molecular formula is C15H23FN2S. The summed E-state index contributed by atoms with van der Waals surface area (Å²) in [5, 5.41) is 0.670. The van der Waals surface area contributed by atoms with E-state index in [1.54, 1.807) is 12.1 Å². The molecular weight excluding hydrogens is 259 g/mol. The Morgan fingerprint density at radius 2 is 2.32 bits per heavy atom. The van der Waals surface area contributed by atoms with Crippen LogP contribution >= 0.6 is 11.8 Å². The Morgan fingerprint density at radius 3 is 2.95 bits per heavy atom. The second-order valence-corrected chi connectivity index (χ2v) is 6.66. The van der Waals surface area contributed by atoms with E-state index in [-0.39, 0.29) is 17.9 Å². The lowest BCUT2D eigenvalue weighted by atomic mass is 9.98. The highest BCUT2D eigenvalue weighted by molar-refractivity contribution is 8.00. The van der Waals surface area contributed by atoms with Gasteiger partial charge in [-0.1, -0.05) is 19.1 Å². The summed E-state index contributed by atoms with van der Waals surface area (Å²) in [6.07, 6.45) is 1.18. The van der Waals surface area contributed by atoms with Crippen LogP contribution < -0.4 is 5.73 Å². The third-order valence-electron chi connectivity index (χ3n) is 3.71. The number of hydrogen-bond acceptors (Lipinski definition) is 3. The molecule has 1 aliphatic heterocycles. The largest absolute Gasteiger partial charge is 0.326 e. The van der Waals surface area contributed by atoms with Crippen LogP contribution in [-0.2, 0) is 0 Å². The minimum atomic E-state index is -0.179. The van der Waals surface area contributed by atoms with Crippen LogP contribution in [0.2, 0.25) is 0 Å². The van der Waals surface area contributed by atoms with Gasteiger partial charge < -0.3 is 5.73 Å². The van der Waals surface area contributed by atoms with Crippen molar-refractivity contribution in [3.05, 3.63) is 35.6 Å². The Balaban J connectivity index is 2.20. The number of nitrogens with zero attached hydrogens (tertiary/aromatic N) is 1. The summed E-state index contributed by atoms with van der Waals surface area (Å²) in [5.41, 5.74) is 7.16. The number of nitrogens with two attached hydrogens (primary N) is 1. The van der Waals surface area contributed by atoms with Crippen LogP contribution in [0.3, 0.4) is 0 Å². The Morgan fingerprint density at radius 1 is 1.53 bits per heavy atom. The molecule has 1 aliphatic rings. The predicted octanol–water partition coefficient (Wildman–Crippen LogP) is 3.04. The molecule has 1 saturated heterocycles. The Hall–Kier alpha value is -0.580. The van der Waals surface area contributed by atoms with E-state index >= 15 is 0 Å². The molecule has 19 heavy (non-hydrogen) atoms. The van der Waals surface area contributed by atoms with E-state index in [9.17, 15) is 4.39 Å². The first-order valence-electron chi connectivity index (χ1n) is 6.98. The van der Waals surface area contributed by atoms with Gasteiger partial charge in [-0.05, 0) is 31.0 Å². The van der Waals surface area contributed by atoms with E-state index in [2.05, 4.69) is 11.8 Å². The van der Waals surface area contributed by atoms with E-state index in [1.807, 2.05) is 24.8 Å². The van der Waals surface area contributed by atoms with Crippen molar-refractivity contribution in [1.82, 2.24) is 4.90 Å². The average Bonchev–Trinajstić information content (AvgIpc) is 2.39. The molecule has 0 spiro atoms. The van der Waals surface area contributed by atoms with Crippen LogP contribution in [0.4, 0.5) is 4.39 Å². The molecule has 1 aromatic rings. The molecule has 2 nitrogen and oxygen atoms in total. The van der Waals surface area contributed by atoms with Crippen molar-refractivity contribution in [2.75, 3.05) is 18.8 Å². The lowest BCUT2D eigenvalue weighted by Crippen LogP contribution is -2.46. The van der Waals surface area contributed by atoms with Gasteiger partial charge in [-0.15, -0.1) is 0 Å². The fourth-order valence-electron chi connectivity index (χ4n) is 2.78. The lowest BCUT2D eigenvalue weighted by Gasteiger charge is -2.39. The van der Waals surface area contributed by atoms with Gasteiger partial charge in [-0.25, -0.2) is 4.39 Å². The van der Waals surface area contributed by atoms with Crippen LogP contribution in [0.15, 0.2) is 24.3 Å². The maximum Gasteiger partial charge on any atom is 0.123 e. The fourth-order valence-corrected chi connectivity index (χ4v) is 3.99. The quantitative estimate of drug-likeness (QED) is 0.920. The SMILES string of the molecule is CCC1CN(C(c2cccc(F)c2)C(C)N)CCS1. The van der Waals surface area contributed by atoms with Gasteiger partial charge in [-0.3, -0.25) is 4.90 Å². The Kier molecular flexibility index (Phi) is 5.25. The van der Waals surface area contributed by atoms with Crippen molar-refractivity contribution in [2.45, 2.75) is 37.6 Å². The van der Waals surface area contributed by atoms with Crippen LogP contribution in [0.5, 0.6) is 0 Å². The minimum Gasteiger partial charge on any atom is -0.326 e. The molecule has 4 heteroatoms. The molecule has 3 atom stereocenters. The van der Waals surface area contributed by atoms with Gasteiger partial charge in [0.05, 0.1) is 0 Å². The zero-order valence-corrected chi connectivity index (χ0v) is 12.5. The van der Waals surface area contributed by atoms with Gasteiger partial charge >= 0.3 is 0 Å². The van der Waals surface area contributed by atoms with Crippen molar-refractivity contribution in [3.8, 4) is 0 Å². The maximum absolute atomic E-state index is 13.4. The van der Waals surface area contributed by atoms with E-state index in [0.29, 0.717) is 5.25 Å². The van der Waals surface area contributed by atoms with Gasteiger partial charge in [0, 0.05) is 36.2 Å². The van der Waals surface area contributed by atoms with Crippen molar-refractivity contribution in [3.63, 3.8) is 0 Å². The molecule has 1 fully saturated rings. The molecule has 0 bridgehead atoms. The molecule has 3 unspecified atom stereocenters. The smallest absolute Gasteiger partial charge is 0.123 e. The molecule has 0 saturated carbocycles. The van der Waals surface area contributed by atoms with Gasteiger partial charge in [0.25, 0.3) is 0 Å². The Bertz CT molecular complexity index is 411. The average molecular weight is 282 g/mol. The van der Waals surface area contributed by atoms with E-state index < -0.39 is 0 Å². The number of thioether (sulfide) groups is 1. The molecule has 1 heterocycles. The second kappa shape index (κ2) is 6.73. The first kappa shape index (κ1) is 14.8. The minimum absolute atomic E-state index is 0.00223. The molecule has 0 aliphatic carbocycles. The van der Waals surface area contributed by atoms with E-state index in [0.717, 1.165) is 24.4 Å². The van der Waals surface area contributed by atoms with Crippen LogP contribution in [0.25, 0.3) is 0 Å². The monoisotopic (exact) mass is 282 g/mol. The first-order chi connectivity index (χ1) is 9.11. The highest BCUT2D eigenvalue weighted by atomic mass is 32.2. The number of hydrogen-bond donors (Lipinski definition) is 1. The number of halogens is 1. The Labute approximate surface area is 119 Å². The summed E-state index contributed by atoms with van der Waals surface area (Å²) < 4.78 is 13.4. The second-order valence-electron chi connectivity index (χ2n) is 5.25. The summed E-state index contributed by atoms with van der Waals surface area (Å²) in [7, 11) is 0. The molecule has 0 radical (unpaired) electrons. The standard InChI is InChI=1S/C15H23FN2S/c1-3-14-10-18(7-8-19-14)15(11(2)17)12-5-4-6-13(16)9-12/h4-6,9,11,14-15H,3,7-8,10,17H2,1-2H3. The van der Waals surface area contributed by atoms with Crippen molar-refractivity contribution in [2.24, 2.45) is 5.73 Å². The zero-order valence-electron chi connectivity index (χ0n) is 11.7. The summed E-state index contributed by atoms with van der Waals surface area (Å²) in [4.78, 5) is 2.42. The molecule has 0 amide bonds. The van der Waals surface area contributed by atoms with Crippen molar-refractivity contribution < 1.29 is 4.39 Å². The predicted molar refractivity (Wildman–Crippen MR) is 80.9 cm³/mol. The van der Waals surface area contributed by atoms with Gasteiger partial charge in [-0.2, -0.15) is 11.8 Å². The third kappa shape index (κ3) is 3.71. The summed E-state index contributed by atoms with van der Waals surface area (Å²) in [5.74, 6) is 0.957. The number of benzene rings is 1. The van der Waals surface area contributed by atoms with E-state index in [1.165, 1.54) is 12.5 Å². The van der Waals surface area contributed by atoms with Crippen LogP contribution in [0, 0.1) is 5.82 Å². The van der Waals surface area contributed by atoms with Gasteiger partial charge in [0.15, 0.2) is 0 Å². The van der Waals surface area contributed by atoms with E-state index in [4.69, 9.17) is 5.73 Å². The molecule has 2 N–H and O–H groups in total. The van der Waals surface area contributed by atoms with Gasteiger partial charge in [0.2, 0.25) is 0 Å². The molecule has 106 valence electrons. The number of rotatable bonds is 4. The first-order valence-corrected chi connectivity index (χ1v) is 8.03. The van der Waals surface area contributed by atoms with Crippen LogP contribution in [0.1, 0.15) is 31.9 Å². The van der Waals surface area contributed by atoms with Gasteiger partial charge in [0.1, 0.15) is 5.82 Å². The zero-order chi connectivity index (χ0) is 13.8. The third-order valence-corrected chi connectivity index (χ3v) is 5.08. The summed E-state index contributed by atoms with van der Waals surface area (Å²) >= 11 is 2.04. The highest BCUT2D eigenvalue weighted by Gasteiger charge is 2.29. The summed E-state index contributed by atoms with van der Waals surface area (Å²) in [6, 6.07) is 6.99. The maximum atomic E-state index is 13.4. The highest BCUT2D eigenvalue weighted by Crippen LogP contribution is 2.30. The topological polar surface area (TPSA) is 29.3 Å². The van der Waals surface area contributed by atoms with Crippen LogP contribution in [-0.4, -0.2) is 35.0 Å². The van der Waals surface area contributed by atoms with Crippen molar-refractivity contribution in [1.29, 1.82) is 0 Å². The summed E-state index contributed by atoms with van der Waals surface area (Å²) in [6.45, 7) is 6.32. The molecule has 0 aromatic heterocycles. The molecule has 1 aromatic carbocycles. The normalized spacial score (nSPS) is 24.1. The molecule has 2 rings (SSSR count). The lowest BCUT2D eigenvalue weighted by molar-refractivity contribution is 0.181. The fraction of sp³-hybridized carbons (Fsp3) is 0.600. The van der Waals surface area contributed by atoms with Crippen molar-refractivity contribution >= 4 is 11.8 Å².